The van der Waals surface area contributed by atoms with Gasteiger partial charge in [0.05, 0.1) is 0 Å². The Balaban J connectivity index is 0.000000611. The normalized spacial score (nSPS) is 10.9. The van der Waals surface area contributed by atoms with Crippen molar-refractivity contribution < 1.29 is 0 Å². The number of fused-ring (bicyclic) bond motifs is 2. The first-order valence-corrected chi connectivity index (χ1v) is 14.5. The molecule has 2 nitrogen and oxygen atoms in total. The molecule has 2 heteroatoms. The molecule has 0 unspecified atom stereocenters. The first-order chi connectivity index (χ1) is 21.3. The smallest absolute Gasteiger partial charge is 0.0346 e. The molecule has 0 aliphatic heterocycles. The molecule has 0 saturated carbocycles. The van der Waals surface area contributed by atoms with Gasteiger partial charge < -0.3 is 0 Å². The highest BCUT2D eigenvalue weighted by Gasteiger charge is 2.18. The highest BCUT2D eigenvalue weighted by Crippen LogP contribution is 2.45. The van der Waals surface area contributed by atoms with Crippen LogP contribution < -0.4 is 0 Å². The third kappa shape index (κ3) is 5.77. The first kappa shape index (κ1) is 27.6. The Morgan fingerprint density at radius 3 is 1.26 bits per heavy atom. The van der Waals surface area contributed by atoms with Crippen LogP contribution in [0.3, 0.4) is 0 Å². The highest BCUT2D eigenvalue weighted by molar-refractivity contribution is 6.22. The lowest BCUT2D eigenvalue weighted by Crippen LogP contribution is -1.92. The fourth-order valence-corrected chi connectivity index (χ4v) is 5.62. The van der Waals surface area contributed by atoms with E-state index in [2.05, 4.69) is 126 Å². The summed E-state index contributed by atoms with van der Waals surface area (Å²) >= 11 is 0. The molecule has 0 saturated heterocycles. The molecule has 0 spiro atoms. The van der Waals surface area contributed by atoms with Gasteiger partial charge in [0.1, 0.15) is 0 Å². The zero-order valence-corrected chi connectivity index (χ0v) is 24.2. The number of nitrogens with zero attached hydrogens (tertiary/aromatic N) is 2. The number of aromatic nitrogens is 2. The SMILES string of the molecule is C=C/C=C\C.c1ccc(-c2c3ccc(-c4cccnc4)cc3c(-c3ccccc3)c3ccc(-c4cccnc4)cc23)cc1. The van der Waals surface area contributed by atoms with Crippen molar-refractivity contribution >= 4 is 21.5 Å². The largest absolute Gasteiger partial charge is 0.264 e. The van der Waals surface area contributed by atoms with Crippen LogP contribution in [0.1, 0.15) is 6.92 Å². The van der Waals surface area contributed by atoms with Crippen molar-refractivity contribution in [2.24, 2.45) is 0 Å². The summed E-state index contributed by atoms with van der Waals surface area (Å²) in [6.45, 7) is 5.42. The van der Waals surface area contributed by atoms with Gasteiger partial charge in [-0.1, -0.05) is 122 Å². The van der Waals surface area contributed by atoms with E-state index in [-0.39, 0.29) is 0 Å². The molecule has 43 heavy (non-hydrogen) atoms. The lowest BCUT2D eigenvalue weighted by molar-refractivity contribution is 1.33. The lowest BCUT2D eigenvalue weighted by Gasteiger charge is -2.19. The van der Waals surface area contributed by atoms with E-state index in [1.165, 1.54) is 43.8 Å². The van der Waals surface area contributed by atoms with E-state index in [1.54, 1.807) is 6.08 Å². The summed E-state index contributed by atoms with van der Waals surface area (Å²) in [6, 6.07) is 43.4. The van der Waals surface area contributed by atoms with Crippen molar-refractivity contribution in [2.75, 3.05) is 0 Å². The number of pyridine rings is 2. The Labute approximate surface area is 253 Å². The molecule has 7 aromatic rings. The molecule has 0 N–H and O–H groups in total. The number of allylic oxidation sites excluding steroid dienone is 3. The van der Waals surface area contributed by atoms with Crippen molar-refractivity contribution in [1.82, 2.24) is 9.97 Å². The second-order valence-corrected chi connectivity index (χ2v) is 10.2. The summed E-state index contributed by atoms with van der Waals surface area (Å²) in [5, 5.41) is 4.94. The van der Waals surface area contributed by atoms with Crippen LogP contribution in [-0.2, 0) is 0 Å². The first-order valence-electron chi connectivity index (χ1n) is 14.5. The molecular formula is C41H32N2. The van der Waals surface area contributed by atoms with E-state index in [4.69, 9.17) is 0 Å². The zero-order chi connectivity index (χ0) is 29.4. The molecule has 0 bridgehead atoms. The van der Waals surface area contributed by atoms with Crippen LogP contribution in [0.25, 0.3) is 66.1 Å². The minimum absolute atomic E-state index is 1.11. The fourth-order valence-electron chi connectivity index (χ4n) is 5.62. The minimum atomic E-state index is 1.11. The van der Waals surface area contributed by atoms with Gasteiger partial charge in [-0.05, 0) is 86.1 Å². The predicted octanol–water partition coefficient (Wildman–Crippen LogP) is 11.2. The average molecular weight is 553 g/mol. The quantitative estimate of drug-likeness (QED) is 0.157. The molecule has 0 radical (unpaired) electrons. The third-order valence-electron chi connectivity index (χ3n) is 7.56. The summed E-state index contributed by atoms with van der Waals surface area (Å²) in [4.78, 5) is 8.74. The van der Waals surface area contributed by atoms with Gasteiger partial charge in [-0.3, -0.25) is 9.97 Å². The number of hydrogen-bond acceptors (Lipinski definition) is 2. The predicted molar refractivity (Wildman–Crippen MR) is 184 cm³/mol. The van der Waals surface area contributed by atoms with Crippen LogP contribution >= 0.6 is 0 Å². The van der Waals surface area contributed by atoms with E-state index in [0.717, 1.165) is 22.3 Å². The molecular weight excluding hydrogens is 520 g/mol. The summed E-state index contributed by atoms with van der Waals surface area (Å²) in [5.74, 6) is 0. The fraction of sp³-hybridized carbons (Fsp3) is 0.0244. The Morgan fingerprint density at radius 1 is 0.465 bits per heavy atom. The van der Waals surface area contributed by atoms with Crippen LogP contribution in [0, 0.1) is 0 Å². The van der Waals surface area contributed by atoms with Crippen LogP contribution in [0.2, 0.25) is 0 Å². The third-order valence-corrected chi connectivity index (χ3v) is 7.56. The molecule has 0 amide bonds. The van der Waals surface area contributed by atoms with Crippen LogP contribution in [0.4, 0.5) is 0 Å². The maximum atomic E-state index is 4.37. The van der Waals surface area contributed by atoms with Gasteiger partial charge in [0, 0.05) is 35.9 Å². The highest BCUT2D eigenvalue weighted by atomic mass is 14.6. The Morgan fingerprint density at radius 2 is 0.907 bits per heavy atom. The van der Waals surface area contributed by atoms with Gasteiger partial charge in [0.15, 0.2) is 0 Å². The van der Waals surface area contributed by atoms with Gasteiger partial charge in [-0.15, -0.1) is 0 Å². The van der Waals surface area contributed by atoms with Crippen LogP contribution in [0.5, 0.6) is 0 Å². The van der Waals surface area contributed by atoms with Crippen LogP contribution in [0.15, 0.2) is 171 Å². The van der Waals surface area contributed by atoms with Crippen LogP contribution in [-0.4, -0.2) is 9.97 Å². The van der Waals surface area contributed by atoms with E-state index in [9.17, 15) is 0 Å². The van der Waals surface area contributed by atoms with Gasteiger partial charge >= 0.3 is 0 Å². The molecule has 2 aromatic heterocycles. The van der Waals surface area contributed by atoms with E-state index in [0.29, 0.717) is 0 Å². The maximum Gasteiger partial charge on any atom is 0.0346 e. The molecule has 0 fully saturated rings. The Kier molecular flexibility index (Phi) is 8.29. The van der Waals surface area contributed by atoms with Crippen molar-refractivity contribution in [2.45, 2.75) is 6.92 Å². The van der Waals surface area contributed by atoms with Crippen molar-refractivity contribution in [3.05, 3.63) is 171 Å². The summed E-state index contributed by atoms with van der Waals surface area (Å²) in [6.07, 6.45) is 13.1. The molecule has 5 aromatic carbocycles. The van der Waals surface area contributed by atoms with Gasteiger partial charge in [0.25, 0.3) is 0 Å². The van der Waals surface area contributed by atoms with E-state index in [1.807, 2.05) is 56.0 Å². The number of benzene rings is 5. The average Bonchev–Trinajstić information content (AvgIpc) is 3.09. The van der Waals surface area contributed by atoms with Gasteiger partial charge in [-0.25, -0.2) is 0 Å². The summed E-state index contributed by atoms with van der Waals surface area (Å²) < 4.78 is 0. The Hall–Kier alpha value is -5.60. The van der Waals surface area contributed by atoms with E-state index < -0.39 is 0 Å². The second-order valence-electron chi connectivity index (χ2n) is 10.2. The van der Waals surface area contributed by atoms with Crippen molar-refractivity contribution in [3.8, 4) is 44.5 Å². The van der Waals surface area contributed by atoms with Gasteiger partial charge in [-0.2, -0.15) is 0 Å². The topological polar surface area (TPSA) is 25.8 Å². The van der Waals surface area contributed by atoms with Crippen molar-refractivity contribution in [1.29, 1.82) is 0 Å². The standard InChI is InChI=1S/C36H24N2.C5H8/c1-3-9-25(10-4-1)35-31-17-15-28(30-14-8-20-38-24-30)22-34(31)36(26-11-5-2-6-12-26)32-18-16-27(21-33(32)35)29-13-7-19-37-23-29;1-3-5-4-2/h1-24H;3-5H,1H2,2H3/b;5-4-. The number of rotatable bonds is 5. The molecule has 7 rings (SSSR count). The monoisotopic (exact) mass is 552 g/mol. The minimum Gasteiger partial charge on any atom is -0.264 e. The number of hydrogen-bond donors (Lipinski definition) is 0. The second kappa shape index (κ2) is 12.9. The lowest BCUT2D eigenvalue weighted by atomic mass is 9.84. The summed E-state index contributed by atoms with van der Waals surface area (Å²) in [5.41, 5.74) is 9.46. The van der Waals surface area contributed by atoms with Gasteiger partial charge in [0.2, 0.25) is 0 Å². The maximum absolute atomic E-state index is 4.37. The van der Waals surface area contributed by atoms with Crippen molar-refractivity contribution in [3.63, 3.8) is 0 Å². The molecule has 0 aliphatic rings. The Bertz CT molecular complexity index is 1870. The molecule has 0 atom stereocenters. The summed E-state index contributed by atoms with van der Waals surface area (Å²) in [7, 11) is 0. The molecule has 2 heterocycles. The molecule has 0 aliphatic carbocycles. The van der Waals surface area contributed by atoms with E-state index >= 15 is 0 Å². The zero-order valence-electron chi connectivity index (χ0n) is 24.2. The molecule has 206 valence electrons.